The molecule has 1 unspecified atom stereocenters. The molecule has 3 aromatic rings. The average molecular weight is 445 g/mol. The standard InChI is InChI=1S/C22H19BrClNO2/c1-27-20-11-7-16(8-12-20)22(26)14-21(15-5-9-18(24)10-6-15)25-19-4-2-3-17(23)13-19/h2-13,21,25H,14H2,1H3. The van der Waals surface area contributed by atoms with Crippen molar-refractivity contribution in [2.24, 2.45) is 0 Å². The Kier molecular flexibility index (Phi) is 6.54. The van der Waals surface area contributed by atoms with Crippen molar-refractivity contribution in [2.45, 2.75) is 12.5 Å². The zero-order valence-corrected chi connectivity index (χ0v) is 17.1. The number of ketones is 1. The molecule has 0 saturated heterocycles. The van der Waals surface area contributed by atoms with E-state index in [1.165, 1.54) is 0 Å². The van der Waals surface area contributed by atoms with Crippen LogP contribution in [0.4, 0.5) is 5.69 Å². The number of Topliss-reactive ketones (excluding diaryl/α,β-unsaturated/α-hetero) is 1. The predicted octanol–water partition coefficient (Wildman–Crippen LogP) is 6.54. The third-order valence-electron chi connectivity index (χ3n) is 4.24. The molecule has 3 aromatic carbocycles. The largest absolute Gasteiger partial charge is 0.497 e. The molecule has 138 valence electrons. The van der Waals surface area contributed by atoms with Gasteiger partial charge in [0.25, 0.3) is 0 Å². The van der Waals surface area contributed by atoms with E-state index in [-0.39, 0.29) is 11.8 Å². The minimum absolute atomic E-state index is 0.0556. The molecule has 0 spiro atoms. The Hall–Kier alpha value is -2.30. The fourth-order valence-electron chi connectivity index (χ4n) is 2.81. The maximum Gasteiger partial charge on any atom is 0.165 e. The molecule has 0 aliphatic heterocycles. The molecule has 0 amide bonds. The molecule has 0 aliphatic rings. The van der Waals surface area contributed by atoms with E-state index in [0.29, 0.717) is 17.0 Å². The molecule has 5 heteroatoms. The molecule has 0 fully saturated rings. The van der Waals surface area contributed by atoms with E-state index in [1.807, 2.05) is 48.5 Å². The lowest BCUT2D eigenvalue weighted by atomic mass is 9.97. The second-order valence-electron chi connectivity index (χ2n) is 6.11. The van der Waals surface area contributed by atoms with Gasteiger partial charge in [0, 0.05) is 27.2 Å². The van der Waals surface area contributed by atoms with Crippen LogP contribution in [-0.2, 0) is 0 Å². The molecule has 1 N–H and O–H groups in total. The number of ether oxygens (including phenoxy) is 1. The van der Waals surface area contributed by atoms with Gasteiger partial charge in [-0.1, -0.05) is 45.7 Å². The second kappa shape index (κ2) is 9.07. The van der Waals surface area contributed by atoms with Gasteiger partial charge in [-0.3, -0.25) is 4.79 Å². The number of carbonyl (C=O) groups excluding carboxylic acids is 1. The summed E-state index contributed by atoms with van der Waals surface area (Å²) in [5, 5.41) is 4.13. The van der Waals surface area contributed by atoms with Crippen LogP contribution in [-0.4, -0.2) is 12.9 Å². The smallest absolute Gasteiger partial charge is 0.165 e. The normalized spacial score (nSPS) is 11.7. The van der Waals surface area contributed by atoms with Gasteiger partial charge >= 0.3 is 0 Å². The Labute approximate surface area is 172 Å². The van der Waals surface area contributed by atoms with Crippen molar-refractivity contribution in [1.82, 2.24) is 0 Å². The van der Waals surface area contributed by atoms with Crippen LogP contribution < -0.4 is 10.1 Å². The molecule has 0 heterocycles. The van der Waals surface area contributed by atoms with Gasteiger partial charge < -0.3 is 10.1 Å². The summed E-state index contributed by atoms with van der Waals surface area (Å²) >= 11 is 9.50. The second-order valence-corrected chi connectivity index (χ2v) is 7.47. The summed E-state index contributed by atoms with van der Waals surface area (Å²) in [5.41, 5.74) is 2.60. The lowest BCUT2D eigenvalue weighted by Gasteiger charge is -2.20. The maximum atomic E-state index is 12.8. The van der Waals surface area contributed by atoms with Crippen molar-refractivity contribution in [1.29, 1.82) is 0 Å². The molecule has 1 atom stereocenters. The number of nitrogens with one attached hydrogen (secondary N) is 1. The molecule has 0 saturated carbocycles. The van der Waals surface area contributed by atoms with Crippen molar-refractivity contribution in [3.05, 3.63) is 93.4 Å². The van der Waals surface area contributed by atoms with Crippen LogP contribution in [0.1, 0.15) is 28.4 Å². The molecule has 0 aliphatic carbocycles. The lowest BCUT2D eigenvalue weighted by molar-refractivity contribution is 0.0976. The van der Waals surface area contributed by atoms with E-state index >= 15 is 0 Å². The van der Waals surface area contributed by atoms with Gasteiger partial charge in [-0.2, -0.15) is 0 Å². The first-order valence-corrected chi connectivity index (χ1v) is 9.67. The number of carbonyl (C=O) groups is 1. The van der Waals surface area contributed by atoms with E-state index in [0.717, 1.165) is 21.5 Å². The van der Waals surface area contributed by atoms with Crippen molar-refractivity contribution in [3.8, 4) is 5.75 Å². The zero-order chi connectivity index (χ0) is 19.2. The Morgan fingerprint density at radius 3 is 2.41 bits per heavy atom. The SMILES string of the molecule is COc1ccc(C(=O)CC(Nc2cccc(Br)c2)c2ccc(Cl)cc2)cc1. The van der Waals surface area contributed by atoms with Gasteiger partial charge in [0.1, 0.15) is 5.75 Å². The molecule has 0 bridgehead atoms. The number of hydrogen-bond donors (Lipinski definition) is 1. The van der Waals surface area contributed by atoms with Crippen LogP contribution in [0, 0.1) is 0 Å². The summed E-state index contributed by atoms with van der Waals surface area (Å²) in [5.74, 6) is 0.785. The van der Waals surface area contributed by atoms with E-state index in [4.69, 9.17) is 16.3 Å². The van der Waals surface area contributed by atoms with Crippen LogP contribution in [0.15, 0.2) is 77.3 Å². The Bertz CT molecular complexity index is 910. The van der Waals surface area contributed by atoms with Gasteiger partial charge in [0.05, 0.1) is 13.2 Å². The summed E-state index contributed by atoms with van der Waals surface area (Å²) in [7, 11) is 1.61. The highest BCUT2D eigenvalue weighted by Gasteiger charge is 2.18. The van der Waals surface area contributed by atoms with Crippen molar-refractivity contribution in [2.75, 3.05) is 12.4 Å². The first-order valence-electron chi connectivity index (χ1n) is 8.50. The van der Waals surface area contributed by atoms with Gasteiger partial charge in [0.2, 0.25) is 0 Å². The highest BCUT2D eigenvalue weighted by Crippen LogP contribution is 2.27. The first kappa shape index (κ1) is 19.5. The fraction of sp³-hybridized carbons (Fsp3) is 0.136. The van der Waals surface area contributed by atoms with Gasteiger partial charge in [0.15, 0.2) is 5.78 Å². The number of methoxy groups -OCH3 is 1. The molecule has 0 radical (unpaired) electrons. The van der Waals surface area contributed by atoms with E-state index in [2.05, 4.69) is 21.2 Å². The van der Waals surface area contributed by atoms with Gasteiger partial charge in [-0.15, -0.1) is 0 Å². The summed E-state index contributed by atoms with van der Waals surface area (Å²) < 4.78 is 6.14. The molecule has 3 nitrogen and oxygen atoms in total. The summed E-state index contributed by atoms with van der Waals surface area (Å²) in [6, 6.07) is 22.4. The minimum Gasteiger partial charge on any atom is -0.497 e. The quantitative estimate of drug-likeness (QED) is 0.421. The van der Waals surface area contributed by atoms with E-state index in [1.54, 1.807) is 31.4 Å². The third kappa shape index (κ3) is 5.34. The zero-order valence-electron chi connectivity index (χ0n) is 14.8. The molecular weight excluding hydrogens is 426 g/mol. The van der Waals surface area contributed by atoms with Crippen LogP contribution in [0.25, 0.3) is 0 Å². The van der Waals surface area contributed by atoms with Crippen LogP contribution in [0.2, 0.25) is 5.02 Å². The molecular formula is C22H19BrClNO2. The number of rotatable bonds is 7. The number of anilines is 1. The topological polar surface area (TPSA) is 38.3 Å². The van der Waals surface area contributed by atoms with Crippen molar-refractivity contribution in [3.63, 3.8) is 0 Å². The number of hydrogen-bond acceptors (Lipinski definition) is 3. The van der Waals surface area contributed by atoms with Gasteiger partial charge in [-0.05, 0) is 60.2 Å². The highest BCUT2D eigenvalue weighted by molar-refractivity contribution is 9.10. The monoisotopic (exact) mass is 443 g/mol. The Morgan fingerprint density at radius 2 is 1.78 bits per heavy atom. The summed E-state index contributed by atoms with van der Waals surface area (Å²) in [4.78, 5) is 12.8. The first-order chi connectivity index (χ1) is 13.0. The molecule has 0 aromatic heterocycles. The van der Waals surface area contributed by atoms with Crippen LogP contribution in [0.5, 0.6) is 5.75 Å². The third-order valence-corrected chi connectivity index (χ3v) is 4.98. The van der Waals surface area contributed by atoms with E-state index < -0.39 is 0 Å². The Morgan fingerprint density at radius 1 is 1.07 bits per heavy atom. The summed E-state index contributed by atoms with van der Waals surface area (Å²) in [6.45, 7) is 0. The van der Waals surface area contributed by atoms with Crippen molar-refractivity contribution >= 4 is 39.0 Å². The maximum absolute atomic E-state index is 12.8. The molecule has 27 heavy (non-hydrogen) atoms. The number of benzene rings is 3. The van der Waals surface area contributed by atoms with Crippen LogP contribution >= 0.6 is 27.5 Å². The fourth-order valence-corrected chi connectivity index (χ4v) is 3.33. The number of halogens is 2. The molecule has 3 rings (SSSR count). The Balaban J connectivity index is 1.84. The highest BCUT2D eigenvalue weighted by atomic mass is 79.9. The average Bonchev–Trinajstić information content (AvgIpc) is 2.68. The van der Waals surface area contributed by atoms with E-state index in [9.17, 15) is 4.79 Å². The van der Waals surface area contributed by atoms with Crippen molar-refractivity contribution < 1.29 is 9.53 Å². The minimum atomic E-state index is -0.175. The van der Waals surface area contributed by atoms with Gasteiger partial charge in [-0.25, -0.2) is 0 Å². The predicted molar refractivity (Wildman–Crippen MR) is 114 cm³/mol. The summed E-state index contributed by atoms with van der Waals surface area (Å²) in [6.07, 6.45) is 0.320. The van der Waals surface area contributed by atoms with Crippen LogP contribution in [0.3, 0.4) is 0 Å². The lowest BCUT2D eigenvalue weighted by Crippen LogP contribution is -2.16.